The summed E-state index contributed by atoms with van der Waals surface area (Å²) in [6.07, 6.45) is 2.16. The van der Waals surface area contributed by atoms with Crippen molar-refractivity contribution in [3.05, 3.63) is 65.2 Å². The molecule has 6 nitrogen and oxygen atoms in total. The Morgan fingerprint density at radius 1 is 1.13 bits per heavy atom. The standard InChI is InChI=1S/C24H28N2O4/c1-3-13-25(16-19-11-9-18(2)10-12-19)23(28)17-30-24(29)20-6-4-7-21(15-20)26-14-5-8-22(26)27/h4,6-7,9-12,15H,3,5,8,13-14,16-17H2,1-2H3. The molecule has 30 heavy (non-hydrogen) atoms. The zero-order chi connectivity index (χ0) is 21.5. The second-order valence-corrected chi connectivity index (χ2v) is 7.58. The van der Waals surface area contributed by atoms with Crippen LogP contribution in [0.15, 0.2) is 48.5 Å². The topological polar surface area (TPSA) is 66.9 Å². The number of anilines is 1. The Kier molecular flexibility index (Phi) is 7.22. The highest BCUT2D eigenvalue weighted by atomic mass is 16.5. The largest absolute Gasteiger partial charge is 0.452 e. The van der Waals surface area contributed by atoms with E-state index in [9.17, 15) is 14.4 Å². The maximum Gasteiger partial charge on any atom is 0.338 e. The van der Waals surface area contributed by atoms with Crippen molar-refractivity contribution in [1.29, 1.82) is 0 Å². The summed E-state index contributed by atoms with van der Waals surface area (Å²) in [4.78, 5) is 40.4. The fraction of sp³-hybridized carbons (Fsp3) is 0.375. The third kappa shape index (κ3) is 5.47. The Bertz CT molecular complexity index is 908. The SMILES string of the molecule is CCCN(Cc1ccc(C)cc1)C(=O)COC(=O)c1cccc(N2CCCC2=O)c1. The van der Waals surface area contributed by atoms with Crippen LogP contribution >= 0.6 is 0 Å². The molecule has 6 heteroatoms. The van der Waals surface area contributed by atoms with Crippen molar-refractivity contribution in [3.8, 4) is 0 Å². The molecule has 1 aliphatic heterocycles. The zero-order valence-corrected chi connectivity index (χ0v) is 17.6. The zero-order valence-electron chi connectivity index (χ0n) is 17.6. The molecule has 0 aromatic heterocycles. The summed E-state index contributed by atoms with van der Waals surface area (Å²) in [6.45, 7) is 5.45. The summed E-state index contributed by atoms with van der Waals surface area (Å²) in [6, 6.07) is 14.8. The Morgan fingerprint density at radius 3 is 2.57 bits per heavy atom. The maximum atomic E-state index is 12.7. The fourth-order valence-corrected chi connectivity index (χ4v) is 3.50. The molecule has 2 aromatic rings. The molecule has 0 bridgehead atoms. The minimum Gasteiger partial charge on any atom is -0.452 e. The molecule has 1 saturated heterocycles. The van der Waals surface area contributed by atoms with Crippen LogP contribution in [-0.2, 0) is 20.9 Å². The van der Waals surface area contributed by atoms with Crippen LogP contribution in [0.1, 0.15) is 47.7 Å². The van der Waals surface area contributed by atoms with Gasteiger partial charge in [-0.1, -0.05) is 42.8 Å². The van der Waals surface area contributed by atoms with Crippen LogP contribution in [-0.4, -0.2) is 42.4 Å². The second kappa shape index (κ2) is 10.1. The Hall–Kier alpha value is -3.15. The van der Waals surface area contributed by atoms with E-state index in [1.54, 1.807) is 34.1 Å². The maximum absolute atomic E-state index is 12.7. The van der Waals surface area contributed by atoms with Crippen LogP contribution in [0.4, 0.5) is 5.69 Å². The molecule has 158 valence electrons. The molecular weight excluding hydrogens is 380 g/mol. The lowest BCUT2D eigenvalue weighted by molar-refractivity contribution is -0.135. The Labute approximate surface area is 177 Å². The van der Waals surface area contributed by atoms with Gasteiger partial charge < -0.3 is 14.5 Å². The summed E-state index contributed by atoms with van der Waals surface area (Å²) in [5.74, 6) is -0.734. The van der Waals surface area contributed by atoms with Gasteiger partial charge in [-0.15, -0.1) is 0 Å². The second-order valence-electron chi connectivity index (χ2n) is 7.58. The number of ether oxygens (including phenoxy) is 1. The number of amides is 2. The van der Waals surface area contributed by atoms with Crippen molar-refractivity contribution >= 4 is 23.5 Å². The first kappa shape index (κ1) is 21.6. The first-order valence-corrected chi connectivity index (χ1v) is 10.4. The van der Waals surface area contributed by atoms with Gasteiger partial charge in [0.25, 0.3) is 5.91 Å². The van der Waals surface area contributed by atoms with Gasteiger partial charge in [0, 0.05) is 31.7 Å². The first-order chi connectivity index (χ1) is 14.5. The highest BCUT2D eigenvalue weighted by Crippen LogP contribution is 2.22. The van der Waals surface area contributed by atoms with Gasteiger partial charge in [0.2, 0.25) is 5.91 Å². The molecule has 2 amide bonds. The summed E-state index contributed by atoms with van der Waals surface area (Å²) in [7, 11) is 0. The predicted octanol–water partition coefficient (Wildman–Crippen LogP) is 3.72. The third-order valence-corrected chi connectivity index (χ3v) is 5.13. The van der Waals surface area contributed by atoms with Crippen molar-refractivity contribution < 1.29 is 19.1 Å². The first-order valence-electron chi connectivity index (χ1n) is 10.4. The van der Waals surface area contributed by atoms with E-state index in [1.165, 1.54) is 5.56 Å². The van der Waals surface area contributed by atoms with Crippen molar-refractivity contribution in [1.82, 2.24) is 4.90 Å². The fourth-order valence-electron chi connectivity index (χ4n) is 3.50. The van der Waals surface area contributed by atoms with Crippen LogP contribution in [0.25, 0.3) is 0 Å². The van der Waals surface area contributed by atoms with E-state index in [0.717, 1.165) is 18.4 Å². The number of rotatable bonds is 8. The van der Waals surface area contributed by atoms with E-state index in [1.807, 2.05) is 38.1 Å². The molecule has 1 heterocycles. The van der Waals surface area contributed by atoms with Crippen LogP contribution in [0.2, 0.25) is 0 Å². The average Bonchev–Trinajstić information content (AvgIpc) is 3.19. The molecule has 0 unspecified atom stereocenters. The van der Waals surface area contributed by atoms with E-state index < -0.39 is 5.97 Å². The van der Waals surface area contributed by atoms with E-state index >= 15 is 0 Å². The molecule has 0 spiro atoms. The Balaban J connectivity index is 1.60. The van der Waals surface area contributed by atoms with Crippen LogP contribution in [0, 0.1) is 6.92 Å². The Morgan fingerprint density at radius 2 is 1.90 bits per heavy atom. The summed E-state index contributed by atoms with van der Waals surface area (Å²) in [5.41, 5.74) is 3.22. The number of carbonyl (C=O) groups excluding carboxylic acids is 3. The van der Waals surface area contributed by atoms with Gasteiger partial charge in [-0.3, -0.25) is 9.59 Å². The lowest BCUT2D eigenvalue weighted by Gasteiger charge is -2.22. The van der Waals surface area contributed by atoms with Crippen molar-refractivity contribution in [2.45, 2.75) is 39.7 Å². The minimum absolute atomic E-state index is 0.0574. The summed E-state index contributed by atoms with van der Waals surface area (Å²) in [5, 5.41) is 0. The van der Waals surface area contributed by atoms with E-state index in [2.05, 4.69) is 0 Å². The molecule has 0 radical (unpaired) electrons. The minimum atomic E-state index is -0.566. The van der Waals surface area contributed by atoms with Gasteiger partial charge in [-0.25, -0.2) is 4.79 Å². The van der Waals surface area contributed by atoms with Gasteiger partial charge in [-0.05, 0) is 43.5 Å². The number of aryl methyl sites for hydroxylation is 1. The molecule has 0 saturated carbocycles. The molecule has 3 rings (SSSR count). The number of hydrogen-bond acceptors (Lipinski definition) is 4. The molecular formula is C24H28N2O4. The van der Waals surface area contributed by atoms with E-state index in [-0.39, 0.29) is 18.4 Å². The van der Waals surface area contributed by atoms with E-state index in [0.29, 0.717) is 37.3 Å². The molecule has 0 aliphatic carbocycles. The number of esters is 1. The van der Waals surface area contributed by atoms with Crippen molar-refractivity contribution in [3.63, 3.8) is 0 Å². The molecule has 2 aromatic carbocycles. The predicted molar refractivity (Wildman–Crippen MR) is 115 cm³/mol. The highest BCUT2D eigenvalue weighted by Gasteiger charge is 2.23. The molecule has 0 N–H and O–H groups in total. The molecule has 0 atom stereocenters. The highest BCUT2D eigenvalue weighted by molar-refractivity contribution is 5.97. The van der Waals surface area contributed by atoms with E-state index in [4.69, 9.17) is 4.74 Å². The number of benzene rings is 2. The van der Waals surface area contributed by atoms with Crippen LogP contribution in [0.5, 0.6) is 0 Å². The normalized spacial score (nSPS) is 13.4. The lowest BCUT2D eigenvalue weighted by Crippen LogP contribution is -2.35. The third-order valence-electron chi connectivity index (χ3n) is 5.13. The van der Waals surface area contributed by atoms with Gasteiger partial charge in [0.15, 0.2) is 6.61 Å². The monoisotopic (exact) mass is 408 g/mol. The van der Waals surface area contributed by atoms with Crippen molar-refractivity contribution in [2.75, 3.05) is 24.6 Å². The lowest BCUT2D eigenvalue weighted by atomic mass is 10.1. The van der Waals surface area contributed by atoms with Crippen LogP contribution < -0.4 is 4.90 Å². The average molecular weight is 408 g/mol. The number of carbonyl (C=O) groups is 3. The van der Waals surface area contributed by atoms with Gasteiger partial charge >= 0.3 is 5.97 Å². The van der Waals surface area contributed by atoms with Gasteiger partial charge in [0.05, 0.1) is 5.56 Å². The summed E-state index contributed by atoms with van der Waals surface area (Å²) >= 11 is 0. The van der Waals surface area contributed by atoms with Gasteiger partial charge in [0.1, 0.15) is 0 Å². The number of nitrogens with zero attached hydrogens (tertiary/aromatic N) is 2. The molecule has 1 aliphatic rings. The van der Waals surface area contributed by atoms with Crippen LogP contribution in [0.3, 0.4) is 0 Å². The molecule has 1 fully saturated rings. The van der Waals surface area contributed by atoms with Crippen molar-refractivity contribution in [2.24, 2.45) is 0 Å². The smallest absolute Gasteiger partial charge is 0.338 e. The quantitative estimate of drug-likeness (QED) is 0.625. The number of hydrogen-bond donors (Lipinski definition) is 0. The summed E-state index contributed by atoms with van der Waals surface area (Å²) < 4.78 is 5.28. The van der Waals surface area contributed by atoms with Gasteiger partial charge in [-0.2, -0.15) is 0 Å².